The lowest BCUT2D eigenvalue weighted by Crippen LogP contribution is -2.30. The number of carbonyl (C=O) groups is 1. The second kappa shape index (κ2) is 14.3. The molecule has 0 amide bonds. The van der Waals surface area contributed by atoms with Crippen LogP contribution in [0.25, 0.3) is 0 Å². The molecule has 0 saturated carbocycles. The molecule has 0 rings (SSSR count). The van der Waals surface area contributed by atoms with E-state index < -0.39 is 12.0 Å². The lowest BCUT2D eigenvalue weighted by molar-refractivity contribution is -0.138. The van der Waals surface area contributed by atoms with Crippen molar-refractivity contribution in [3.63, 3.8) is 0 Å². The maximum atomic E-state index is 10.3. The second-order valence-corrected chi connectivity index (χ2v) is 3.36. The summed E-state index contributed by atoms with van der Waals surface area (Å²) < 4.78 is 0. The summed E-state index contributed by atoms with van der Waals surface area (Å²) in [4.78, 5) is 10.3. The number of carboxylic acids is 1. The molecule has 0 aromatic rings. The number of unbranched alkanes of at least 4 members (excludes halogenated alkanes) is 1. The zero-order valence-corrected chi connectivity index (χ0v) is 11.0. The number of halogens is 2. The van der Waals surface area contributed by atoms with Gasteiger partial charge < -0.3 is 16.2 Å². The number of aliphatic carboxylic acids is 1. The normalized spacial score (nSPS) is 11.1. The van der Waals surface area contributed by atoms with Crippen molar-refractivity contribution in [1.82, 2.24) is 5.32 Å². The van der Waals surface area contributed by atoms with Gasteiger partial charge in [-0.05, 0) is 19.4 Å². The molecule has 0 spiro atoms. The molecule has 4 nitrogen and oxygen atoms in total. The Hall–Kier alpha value is 0.320. The highest BCUT2D eigenvalue weighted by atomic mass is 35.5. The van der Waals surface area contributed by atoms with E-state index in [1.54, 1.807) is 0 Å². The van der Waals surface area contributed by atoms with Crippen molar-refractivity contribution in [3.05, 3.63) is 0 Å². The summed E-state index contributed by atoms with van der Waals surface area (Å²) in [5.74, 6) is -0.0856. The zero-order chi connectivity index (χ0) is 10.1. The first-order valence-corrected chi connectivity index (χ1v) is 5.11. The van der Waals surface area contributed by atoms with Gasteiger partial charge in [0.05, 0.1) is 0 Å². The Morgan fingerprint density at radius 1 is 1.33 bits per heavy atom. The first-order chi connectivity index (χ1) is 6.18. The summed E-state index contributed by atoms with van der Waals surface area (Å²) in [5, 5.41) is 11.6. The fourth-order valence-electron chi connectivity index (χ4n) is 0.942. The maximum Gasteiger partial charge on any atom is 0.320 e. The number of thiol groups is 1. The average Bonchev–Trinajstić information content (AvgIpc) is 2.10. The van der Waals surface area contributed by atoms with Crippen LogP contribution < -0.4 is 11.1 Å². The molecular formula is C8H20Cl2N2O2S. The van der Waals surface area contributed by atoms with Crippen molar-refractivity contribution in [2.75, 3.05) is 18.8 Å². The van der Waals surface area contributed by atoms with Crippen LogP contribution in [0.5, 0.6) is 0 Å². The van der Waals surface area contributed by atoms with E-state index in [0.29, 0.717) is 6.42 Å². The summed E-state index contributed by atoms with van der Waals surface area (Å²) in [6.07, 6.45) is 2.37. The molecule has 0 aliphatic rings. The van der Waals surface area contributed by atoms with Gasteiger partial charge in [-0.25, -0.2) is 0 Å². The van der Waals surface area contributed by atoms with Gasteiger partial charge in [0.15, 0.2) is 0 Å². The molecule has 0 fully saturated rings. The van der Waals surface area contributed by atoms with Crippen LogP contribution >= 0.6 is 37.4 Å². The summed E-state index contributed by atoms with van der Waals surface area (Å²) in [5.41, 5.74) is 5.33. The van der Waals surface area contributed by atoms with Crippen molar-refractivity contribution in [1.29, 1.82) is 0 Å². The predicted octanol–water partition coefficient (Wildman–Crippen LogP) is 0.932. The highest BCUT2D eigenvalue weighted by Gasteiger charge is 2.09. The molecule has 7 heteroatoms. The fraction of sp³-hybridized carbons (Fsp3) is 0.875. The molecule has 0 aromatic carbocycles. The van der Waals surface area contributed by atoms with Gasteiger partial charge in [0.1, 0.15) is 6.04 Å². The maximum absolute atomic E-state index is 10.3. The SMILES string of the molecule is Cl.Cl.NC(CCCCNCCS)C(=O)O. The van der Waals surface area contributed by atoms with Gasteiger partial charge in [0.2, 0.25) is 0 Å². The largest absolute Gasteiger partial charge is 0.480 e. The smallest absolute Gasteiger partial charge is 0.320 e. The summed E-state index contributed by atoms with van der Waals surface area (Å²) >= 11 is 4.04. The average molecular weight is 279 g/mol. The zero-order valence-electron chi connectivity index (χ0n) is 8.52. The lowest BCUT2D eigenvalue weighted by atomic mass is 10.1. The molecule has 4 N–H and O–H groups in total. The molecule has 0 bridgehead atoms. The Balaban J connectivity index is -0.000000720. The van der Waals surface area contributed by atoms with Gasteiger partial charge in [0.25, 0.3) is 0 Å². The predicted molar refractivity (Wildman–Crippen MR) is 70.7 cm³/mol. The third-order valence-corrected chi connectivity index (χ3v) is 1.95. The van der Waals surface area contributed by atoms with Crippen LogP contribution in [0.15, 0.2) is 0 Å². The van der Waals surface area contributed by atoms with Crippen LogP contribution in [0, 0.1) is 0 Å². The quantitative estimate of drug-likeness (QED) is 0.394. The highest BCUT2D eigenvalue weighted by Crippen LogP contribution is 1.97. The van der Waals surface area contributed by atoms with Crippen molar-refractivity contribution in [3.8, 4) is 0 Å². The Morgan fingerprint density at radius 3 is 2.40 bits per heavy atom. The van der Waals surface area contributed by atoms with E-state index in [9.17, 15) is 4.79 Å². The van der Waals surface area contributed by atoms with E-state index in [1.165, 1.54) is 0 Å². The number of hydrogen-bond acceptors (Lipinski definition) is 4. The molecule has 0 radical (unpaired) electrons. The molecular weight excluding hydrogens is 259 g/mol. The van der Waals surface area contributed by atoms with Crippen molar-refractivity contribution < 1.29 is 9.90 Å². The summed E-state index contributed by atoms with van der Waals surface area (Å²) in [6, 6.07) is -0.704. The van der Waals surface area contributed by atoms with E-state index >= 15 is 0 Å². The van der Waals surface area contributed by atoms with Gasteiger partial charge in [-0.1, -0.05) is 6.42 Å². The van der Waals surface area contributed by atoms with Gasteiger partial charge >= 0.3 is 5.97 Å². The van der Waals surface area contributed by atoms with E-state index in [-0.39, 0.29) is 24.8 Å². The Labute approximate surface area is 109 Å². The van der Waals surface area contributed by atoms with E-state index in [4.69, 9.17) is 10.8 Å². The van der Waals surface area contributed by atoms with Crippen molar-refractivity contribution >= 4 is 43.4 Å². The van der Waals surface area contributed by atoms with Gasteiger partial charge in [-0.2, -0.15) is 12.6 Å². The molecule has 0 saturated heterocycles. The number of hydrogen-bond donors (Lipinski definition) is 4. The molecule has 0 aliphatic heterocycles. The van der Waals surface area contributed by atoms with Crippen LogP contribution in [-0.4, -0.2) is 36.0 Å². The molecule has 1 atom stereocenters. The molecule has 0 aliphatic carbocycles. The summed E-state index contributed by atoms with van der Waals surface area (Å²) in [6.45, 7) is 1.81. The van der Waals surface area contributed by atoms with E-state index in [1.807, 2.05) is 0 Å². The highest BCUT2D eigenvalue weighted by molar-refractivity contribution is 7.80. The number of rotatable bonds is 8. The molecule has 0 aromatic heterocycles. The van der Waals surface area contributed by atoms with Gasteiger partial charge in [-0.15, -0.1) is 24.8 Å². The molecule has 94 valence electrons. The monoisotopic (exact) mass is 278 g/mol. The van der Waals surface area contributed by atoms with Crippen LogP contribution in [0.4, 0.5) is 0 Å². The number of nitrogens with two attached hydrogens (primary N) is 1. The van der Waals surface area contributed by atoms with Crippen molar-refractivity contribution in [2.45, 2.75) is 25.3 Å². The van der Waals surface area contributed by atoms with Crippen LogP contribution in [0.3, 0.4) is 0 Å². The van der Waals surface area contributed by atoms with Gasteiger partial charge in [0, 0.05) is 12.3 Å². The number of nitrogens with one attached hydrogen (secondary N) is 1. The van der Waals surface area contributed by atoms with Crippen molar-refractivity contribution in [2.24, 2.45) is 5.73 Å². The van der Waals surface area contributed by atoms with Crippen LogP contribution in [-0.2, 0) is 4.79 Å². The topological polar surface area (TPSA) is 75.3 Å². The molecule has 15 heavy (non-hydrogen) atoms. The second-order valence-electron chi connectivity index (χ2n) is 2.91. The molecule has 0 heterocycles. The van der Waals surface area contributed by atoms with Gasteiger partial charge in [-0.3, -0.25) is 4.79 Å². The Kier molecular flexibility index (Phi) is 19.8. The standard InChI is InChI=1S/C8H18N2O2S.2ClH/c9-7(8(11)12)3-1-2-4-10-5-6-13;;/h7,10,13H,1-6,9H2,(H,11,12);2*1H. The Morgan fingerprint density at radius 2 is 1.93 bits per heavy atom. The first-order valence-electron chi connectivity index (χ1n) is 4.48. The van der Waals surface area contributed by atoms with Crippen LogP contribution in [0.2, 0.25) is 0 Å². The minimum absolute atomic E-state index is 0. The van der Waals surface area contributed by atoms with E-state index in [0.717, 1.165) is 31.7 Å². The lowest BCUT2D eigenvalue weighted by Gasteiger charge is -2.06. The first kappa shape index (κ1) is 20.7. The van der Waals surface area contributed by atoms with Crippen LogP contribution in [0.1, 0.15) is 19.3 Å². The fourth-order valence-corrected chi connectivity index (χ4v) is 1.10. The third-order valence-electron chi connectivity index (χ3n) is 1.72. The minimum atomic E-state index is -0.914. The summed E-state index contributed by atoms with van der Waals surface area (Å²) in [7, 11) is 0. The molecule has 1 unspecified atom stereocenters. The Bertz CT molecular complexity index is 153. The number of carboxylic acid groups (broad SMARTS) is 1. The third kappa shape index (κ3) is 14.3. The minimum Gasteiger partial charge on any atom is -0.480 e. The van der Waals surface area contributed by atoms with E-state index in [2.05, 4.69) is 17.9 Å².